The Morgan fingerprint density at radius 1 is 0.774 bits per heavy atom. The van der Waals surface area contributed by atoms with Crippen LogP contribution in [-0.4, -0.2) is 23.2 Å². The van der Waals surface area contributed by atoms with Gasteiger partial charge in [0.25, 0.3) is 10.1 Å². The first-order valence-corrected chi connectivity index (χ1v) is 10.6. The van der Waals surface area contributed by atoms with Crippen LogP contribution in [0.1, 0.15) is 0 Å². The lowest BCUT2D eigenvalue weighted by atomic mass is 10.1. The van der Waals surface area contributed by atoms with E-state index in [2.05, 4.69) is 5.43 Å². The second-order valence-corrected chi connectivity index (χ2v) is 8.17. The lowest BCUT2D eigenvalue weighted by molar-refractivity contribution is 0.444. The van der Waals surface area contributed by atoms with Crippen LogP contribution in [0.15, 0.2) is 83.8 Å². The van der Waals surface area contributed by atoms with Crippen molar-refractivity contribution in [1.82, 2.24) is 0 Å². The van der Waals surface area contributed by atoms with Gasteiger partial charge in [-0.15, -0.1) is 0 Å². The molecule has 0 aromatic heterocycles. The Bertz CT molecular complexity index is 1390. The van der Waals surface area contributed by atoms with Crippen LogP contribution in [0.3, 0.4) is 0 Å². The SMILES string of the molecule is Nc1ccccc1NN(c1cccc(S(=O)(=O)O)c1O)c1cccc2c(O)cccc12. The highest BCUT2D eigenvalue weighted by Gasteiger charge is 2.23. The topological polar surface area (TPSA) is 136 Å². The minimum absolute atomic E-state index is 0.0502. The highest BCUT2D eigenvalue weighted by molar-refractivity contribution is 7.86. The summed E-state index contributed by atoms with van der Waals surface area (Å²) in [6, 6.07) is 21.1. The number of nitrogen functional groups attached to an aromatic ring is 1. The van der Waals surface area contributed by atoms with Gasteiger partial charge in [-0.2, -0.15) is 8.42 Å². The molecule has 31 heavy (non-hydrogen) atoms. The molecule has 0 aliphatic heterocycles. The Balaban J connectivity index is 1.99. The van der Waals surface area contributed by atoms with Crippen LogP contribution in [-0.2, 0) is 10.1 Å². The molecule has 0 amide bonds. The second-order valence-electron chi connectivity index (χ2n) is 6.78. The largest absolute Gasteiger partial charge is 0.507 e. The van der Waals surface area contributed by atoms with Gasteiger partial charge in [-0.25, -0.2) is 0 Å². The number of hydrogen-bond acceptors (Lipinski definition) is 7. The number of hydrogen-bond donors (Lipinski definition) is 5. The predicted octanol–water partition coefficient (Wildman–Crippen LogP) is 4.25. The Morgan fingerprint density at radius 2 is 1.42 bits per heavy atom. The van der Waals surface area contributed by atoms with E-state index >= 15 is 0 Å². The van der Waals surface area contributed by atoms with Crippen LogP contribution in [0.5, 0.6) is 11.5 Å². The van der Waals surface area contributed by atoms with Crippen LogP contribution < -0.4 is 16.2 Å². The third-order valence-electron chi connectivity index (χ3n) is 4.81. The molecule has 9 heteroatoms. The third-order valence-corrected chi connectivity index (χ3v) is 5.69. The number of rotatable bonds is 5. The Labute approximate surface area is 178 Å². The molecule has 0 fully saturated rings. The van der Waals surface area contributed by atoms with Crippen molar-refractivity contribution in [1.29, 1.82) is 0 Å². The number of phenols is 2. The van der Waals surface area contributed by atoms with Gasteiger partial charge in [0.05, 0.1) is 17.1 Å². The monoisotopic (exact) mass is 437 g/mol. The molecule has 0 saturated heterocycles. The van der Waals surface area contributed by atoms with Crippen molar-refractivity contribution in [2.45, 2.75) is 4.90 Å². The molecular weight excluding hydrogens is 418 g/mol. The van der Waals surface area contributed by atoms with Crippen molar-refractivity contribution in [2.75, 3.05) is 16.2 Å². The lowest BCUT2D eigenvalue weighted by Gasteiger charge is -2.29. The summed E-state index contributed by atoms with van der Waals surface area (Å²) in [5, 5.41) is 23.6. The van der Waals surface area contributed by atoms with Gasteiger partial charge < -0.3 is 15.9 Å². The number of phenolic OH excluding ortho intramolecular Hbond substituents is 2. The minimum atomic E-state index is -4.67. The molecule has 0 radical (unpaired) electrons. The Hall–Kier alpha value is -3.95. The average molecular weight is 437 g/mol. The highest BCUT2D eigenvalue weighted by atomic mass is 32.2. The number of aromatic hydroxyl groups is 2. The summed E-state index contributed by atoms with van der Waals surface area (Å²) in [6.45, 7) is 0. The first kappa shape index (κ1) is 20.3. The lowest BCUT2D eigenvalue weighted by Crippen LogP contribution is -2.25. The van der Waals surface area contributed by atoms with Crippen molar-refractivity contribution >= 4 is 43.6 Å². The average Bonchev–Trinajstić information content (AvgIpc) is 2.73. The highest BCUT2D eigenvalue weighted by Crippen LogP contribution is 2.41. The number of nitrogens with one attached hydrogen (secondary N) is 1. The van der Waals surface area contributed by atoms with Crippen LogP contribution in [0.2, 0.25) is 0 Å². The van der Waals surface area contributed by atoms with E-state index < -0.39 is 20.8 Å². The molecule has 0 aliphatic rings. The maximum atomic E-state index is 11.7. The van der Waals surface area contributed by atoms with Gasteiger partial charge in [0.1, 0.15) is 16.3 Å². The van der Waals surface area contributed by atoms with Crippen molar-refractivity contribution in [3.05, 3.63) is 78.9 Å². The molecule has 4 aromatic carbocycles. The molecular formula is C22H19N3O5S. The van der Waals surface area contributed by atoms with Gasteiger partial charge in [0, 0.05) is 10.8 Å². The summed E-state index contributed by atoms with van der Waals surface area (Å²) in [5.41, 5.74) is 10.6. The molecule has 4 rings (SSSR count). The van der Waals surface area contributed by atoms with E-state index in [4.69, 9.17) is 5.73 Å². The molecule has 8 nitrogen and oxygen atoms in total. The van der Waals surface area contributed by atoms with Gasteiger partial charge in [-0.05, 0) is 36.4 Å². The zero-order chi connectivity index (χ0) is 22.2. The summed E-state index contributed by atoms with van der Waals surface area (Å²) in [4.78, 5) is -0.638. The summed E-state index contributed by atoms with van der Waals surface area (Å²) in [6.07, 6.45) is 0. The zero-order valence-electron chi connectivity index (χ0n) is 16.1. The number of hydrazine groups is 1. The van der Waals surface area contributed by atoms with E-state index in [1.807, 2.05) is 0 Å². The van der Waals surface area contributed by atoms with Gasteiger partial charge in [0.2, 0.25) is 0 Å². The molecule has 0 heterocycles. The third kappa shape index (κ3) is 3.79. The van der Waals surface area contributed by atoms with Crippen molar-refractivity contribution in [3.8, 4) is 11.5 Å². The van der Waals surface area contributed by atoms with E-state index in [1.54, 1.807) is 60.7 Å². The number of benzene rings is 4. The molecule has 0 aliphatic carbocycles. The fraction of sp³-hybridized carbons (Fsp3) is 0. The van der Waals surface area contributed by atoms with Crippen molar-refractivity contribution in [2.24, 2.45) is 0 Å². The first-order valence-electron chi connectivity index (χ1n) is 9.19. The Morgan fingerprint density at radius 3 is 2.16 bits per heavy atom. The number of nitrogens with zero attached hydrogens (tertiary/aromatic N) is 1. The fourth-order valence-electron chi connectivity index (χ4n) is 3.34. The summed E-state index contributed by atoms with van der Waals surface area (Å²) >= 11 is 0. The zero-order valence-corrected chi connectivity index (χ0v) is 16.9. The van der Waals surface area contributed by atoms with E-state index in [-0.39, 0.29) is 11.4 Å². The number of nitrogens with two attached hydrogens (primary N) is 1. The number of fused-ring (bicyclic) bond motifs is 1. The normalized spacial score (nSPS) is 11.4. The maximum Gasteiger partial charge on any atom is 0.298 e. The summed E-state index contributed by atoms with van der Waals surface area (Å²) in [5.74, 6) is -0.585. The van der Waals surface area contributed by atoms with E-state index in [0.29, 0.717) is 27.8 Å². The van der Waals surface area contributed by atoms with Crippen LogP contribution >= 0.6 is 0 Å². The maximum absolute atomic E-state index is 11.7. The molecule has 0 unspecified atom stereocenters. The van der Waals surface area contributed by atoms with E-state index in [0.717, 1.165) is 6.07 Å². The van der Waals surface area contributed by atoms with Gasteiger partial charge >= 0.3 is 0 Å². The number of anilines is 4. The Kier molecular flexibility index (Phi) is 5.05. The van der Waals surface area contributed by atoms with Crippen LogP contribution in [0, 0.1) is 0 Å². The molecule has 0 spiro atoms. The summed E-state index contributed by atoms with van der Waals surface area (Å²) < 4.78 is 33.0. The smallest absolute Gasteiger partial charge is 0.298 e. The first-order chi connectivity index (χ1) is 14.8. The predicted molar refractivity (Wildman–Crippen MR) is 120 cm³/mol. The summed E-state index contributed by atoms with van der Waals surface area (Å²) in [7, 11) is -4.67. The standard InChI is InChI=1S/C22H19N3O5S/c23-16-8-1-2-9-17(16)24-25(19-11-5-13-21(22(19)27)31(28,29)30)18-10-3-7-15-14(18)6-4-12-20(15)26/h1-13,24,26-27H,23H2,(H,28,29,30). The molecule has 6 N–H and O–H groups in total. The molecule has 4 aromatic rings. The van der Waals surface area contributed by atoms with E-state index in [9.17, 15) is 23.2 Å². The van der Waals surface area contributed by atoms with Gasteiger partial charge in [0.15, 0.2) is 5.75 Å². The quantitative estimate of drug-likeness (QED) is 0.178. The van der Waals surface area contributed by atoms with Crippen LogP contribution in [0.4, 0.5) is 22.7 Å². The molecule has 0 bridgehead atoms. The van der Waals surface area contributed by atoms with Crippen molar-refractivity contribution < 1.29 is 23.2 Å². The minimum Gasteiger partial charge on any atom is -0.507 e. The second kappa shape index (κ2) is 7.71. The van der Waals surface area contributed by atoms with E-state index in [1.165, 1.54) is 17.1 Å². The van der Waals surface area contributed by atoms with Gasteiger partial charge in [-0.1, -0.05) is 42.5 Å². The van der Waals surface area contributed by atoms with Crippen LogP contribution in [0.25, 0.3) is 10.8 Å². The molecule has 0 atom stereocenters. The number of para-hydroxylation sites is 3. The molecule has 158 valence electrons. The van der Waals surface area contributed by atoms with Gasteiger partial charge in [-0.3, -0.25) is 15.0 Å². The van der Waals surface area contributed by atoms with Crippen molar-refractivity contribution in [3.63, 3.8) is 0 Å². The molecule has 0 saturated carbocycles. The fourth-order valence-corrected chi connectivity index (χ4v) is 3.94.